The van der Waals surface area contributed by atoms with E-state index in [-0.39, 0.29) is 0 Å². The van der Waals surface area contributed by atoms with Crippen LogP contribution in [0.3, 0.4) is 0 Å². The van der Waals surface area contributed by atoms with E-state index in [4.69, 9.17) is 4.74 Å². The lowest BCUT2D eigenvalue weighted by Crippen LogP contribution is -2.18. The van der Waals surface area contributed by atoms with Crippen LogP contribution in [0.15, 0.2) is 54.6 Å². The molecule has 106 valence electrons. The normalized spacial score (nSPS) is 12.1. The van der Waals surface area contributed by atoms with E-state index in [2.05, 4.69) is 66.8 Å². The number of nitrogens with one attached hydrogen (secondary N) is 1. The van der Waals surface area contributed by atoms with Crippen LogP contribution in [-0.2, 0) is 6.42 Å². The van der Waals surface area contributed by atoms with Crippen molar-refractivity contribution in [1.82, 2.24) is 5.32 Å². The van der Waals surface area contributed by atoms with E-state index >= 15 is 0 Å². The lowest BCUT2D eigenvalue weighted by Gasteiger charge is -2.17. The Morgan fingerprint density at radius 1 is 1.00 bits per heavy atom. The molecule has 0 aliphatic heterocycles. The Bertz CT molecular complexity index is 493. The molecule has 0 radical (unpaired) electrons. The van der Waals surface area contributed by atoms with Crippen LogP contribution in [0, 0.1) is 0 Å². The van der Waals surface area contributed by atoms with Crippen LogP contribution in [-0.4, -0.2) is 13.7 Å². The third-order valence-electron chi connectivity index (χ3n) is 3.39. The molecule has 1 N–H and O–H groups in total. The minimum atomic E-state index is 0.331. The largest absolute Gasteiger partial charge is 0.494 e. The molecule has 0 amide bonds. The molecule has 0 saturated heterocycles. The lowest BCUT2D eigenvalue weighted by atomic mass is 9.99. The Balaban J connectivity index is 2.04. The summed E-state index contributed by atoms with van der Waals surface area (Å²) in [5, 5.41) is 3.39. The van der Waals surface area contributed by atoms with Gasteiger partial charge in [-0.1, -0.05) is 49.4 Å². The molecule has 2 aromatic carbocycles. The smallest absolute Gasteiger partial charge is 0.119 e. The predicted octanol–water partition coefficient (Wildman–Crippen LogP) is 3.98. The minimum absolute atomic E-state index is 0.331. The van der Waals surface area contributed by atoms with Crippen molar-refractivity contribution in [2.75, 3.05) is 13.7 Å². The van der Waals surface area contributed by atoms with Crippen LogP contribution in [0.25, 0.3) is 0 Å². The number of hydrogen-bond acceptors (Lipinski definition) is 2. The molecule has 0 aliphatic rings. The predicted molar refractivity (Wildman–Crippen MR) is 84.2 cm³/mol. The third-order valence-corrected chi connectivity index (χ3v) is 3.39. The molecule has 0 bridgehead atoms. The maximum absolute atomic E-state index is 5.62. The van der Waals surface area contributed by atoms with Crippen LogP contribution in [0.1, 0.15) is 30.5 Å². The van der Waals surface area contributed by atoms with Crippen LogP contribution >= 0.6 is 0 Å². The van der Waals surface area contributed by atoms with Crippen LogP contribution in [0.2, 0.25) is 0 Å². The van der Waals surface area contributed by atoms with Gasteiger partial charge in [-0.15, -0.1) is 0 Å². The highest BCUT2D eigenvalue weighted by Gasteiger charge is 2.10. The first-order chi connectivity index (χ1) is 9.83. The average Bonchev–Trinajstić information content (AvgIpc) is 2.52. The fourth-order valence-electron chi connectivity index (χ4n) is 2.25. The molecule has 1 unspecified atom stereocenters. The molecule has 0 aliphatic carbocycles. The average molecular weight is 269 g/mol. The molecule has 0 spiro atoms. The van der Waals surface area contributed by atoms with Crippen molar-refractivity contribution in [2.45, 2.75) is 25.8 Å². The van der Waals surface area contributed by atoms with Gasteiger partial charge in [0.05, 0.1) is 6.61 Å². The molecule has 1 atom stereocenters. The molecule has 0 heterocycles. The minimum Gasteiger partial charge on any atom is -0.494 e. The van der Waals surface area contributed by atoms with Gasteiger partial charge in [-0.25, -0.2) is 0 Å². The topological polar surface area (TPSA) is 21.3 Å². The zero-order valence-corrected chi connectivity index (χ0v) is 12.3. The highest BCUT2D eigenvalue weighted by Crippen LogP contribution is 2.21. The summed E-state index contributed by atoms with van der Waals surface area (Å²) in [5.41, 5.74) is 2.64. The van der Waals surface area contributed by atoms with Gasteiger partial charge in [-0.2, -0.15) is 0 Å². The molecule has 2 nitrogen and oxygen atoms in total. The summed E-state index contributed by atoms with van der Waals surface area (Å²) in [4.78, 5) is 0. The number of rotatable bonds is 7. The summed E-state index contributed by atoms with van der Waals surface area (Å²) in [6, 6.07) is 19.3. The van der Waals surface area contributed by atoms with Gasteiger partial charge in [-0.3, -0.25) is 0 Å². The van der Waals surface area contributed by atoms with Crippen molar-refractivity contribution in [2.24, 2.45) is 0 Å². The lowest BCUT2D eigenvalue weighted by molar-refractivity contribution is 0.317. The number of benzene rings is 2. The quantitative estimate of drug-likeness (QED) is 0.821. The van der Waals surface area contributed by atoms with Crippen molar-refractivity contribution >= 4 is 0 Å². The maximum Gasteiger partial charge on any atom is 0.119 e. The summed E-state index contributed by atoms with van der Waals surface area (Å²) >= 11 is 0. The van der Waals surface area contributed by atoms with Gasteiger partial charge in [0, 0.05) is 6.04 Å². The Morgan fingerprint density at radius 2 is 1.70 bits per heavy atom. The highest BCUT2D eigenvalue weighted by molar-refractivity contribution is 5.30. The fraction of sp³-hybridized carbons (Fsp3) is 0.333. The van der Waals surface area contributed by atoms with Crippen LogP contribution in [0.5, 0.6) is 5.75 Å². The van der Waals surface area contributed by atoms with Gasteiger partial charge in [0.15, 0.2) is 0 Å². The number of ether oxygens (including phenoxy) is 1. The van der Waals surface area contributed by atoms with Gasteiger partial charge in [0.25, 0.3) is 0 Å². The van der Waals surface area contributed by atoms with Crippen LogP contribution < -0.4 is 10.1 Å². The number of likely N-dealkylation sites (N-methyl/N-ethyl adjacent to an activating group) is 1. The van der Waals surface area contributed by atoms with E-state index in [1.54, 1.807) is 0 Å². The van der Waals surface area contributed by atoms with E-state index in [0.29, 0.717) is 6.04 Å². The van der Waals surface area contributed by atoms with E-state index in [1.807, 2.05) is 7.05 Å². The Labute approximate surface area is 121 Å². The molecule has 0 aromatic heterocycles. The van der Waals surface area contributed by atoms with Gasteiger partial charge in [-0.05, 0) is 43.1 Å². The maximum atomic E-state index is 5.62. The van der Waals surface area contributed by atoms with Gasteiger partial charge in [0.2, 0.25) is 0 Å². The molecular formula is C18H23NO. The zero-order valence-electron chi connectivity index (χ0n) is 12.3. The molecule has 2 heteroatoms. The van der Waals surface area contributed by atoms with Crippen molar-refractivity contribution in [3.05, 3.63) is 65.7 Å². The molecule has 2 aromatic rings. The first-order valence-corrected chi connectivity index (χ1v) is 7.27. The Kier molecular flexibility index (Phi) is 5.63. The summed E-state index contributed by atoms with van der Waals surface area (Å²) in [6.45, 7) is 2.89. The molecule has 20 heavy (non-hydrogen) atoms. The molecule has 2 rings (SSSR count). The Hall–Kier alpha value is -1.80. The number of hydrogen-bond donors (Lipinski definition) is 1. The monoisotopic (exact) mass is 269 g/mol. The van der Waals surface area contributed by atoms with Crippen LogP contribution in [0.4, 0.5) is 0 Å². The SMILES string of the molecule is CCCOc1ccc(C(Cc2ccccc2)NC)cc1. The third kappa shape index (κ3) is 4.10. The summed E-state index contributed by atoms with van der Waals surface area (Å²) in [7, 11) is 2.01. The first kappa shape index (κ1) is 14.6. The standard InChI is InChI=1S/C18H23NO/c1-3-13-20-17-11-9-16(10-12-17)18(19-2)14-15-7-5-4-6-8-15/h4-12,18-19H,3,13-14H2,1-2H3. The van der Waals surface area contributed by atoms with Gasteiger partial charge < -0.3 is 10.1 Å². The first-order valence-electron chi connectivity index (χ1n) is 7.27. The molecular weight excluding hydrogens is 246 g/mol. The van der Waals surface area contributed by atoms with Crippen molar-refractivity contribution in [1.29, 1.82) is 0 Å². The van der Waals surface area contributed by atoms with Gasteiger partial charge in [0.1, 0.15) is 5.75 Å². The summed E-state index contributed by atoms with van der Waals surface area (Å²) < 4.78 is 5.62. The van der Waals surface area contributed by atoms with E-state index < -0.39 is 0 Å². The van der Waals surface area contributed by atoms with Crippen molar-refractivity contribution < 1.29 is 4.74 Å². The van der Waals surface area contributed by atoms with Gasteiger partial charge >= 0.3 is 0 Å². The summed E-state index contributed by atoms with van der Waals surface area (Å²) in [6.07, 6.45) is 2.03. The fourth-order valence-corrected chi connectivity index (χ4v) is 2.25. The Morgan fingerprint density at radius 3 is 2.30 bits per heavy atom. The second kappa shape index (κ2) is 7.71. The van der Waals surface area contributed by atoms with E-state index in [1.165, 1.54) is 11.1 Å². The highest BCUT2D eigenvalue weighted by atomic mass is 16.5. The van der Waals surface area contributed by atoms with E-state index in [0.717, 1.165) is 25.2 Å². The zero-order chi connectivity index (χ0) is 14.2. The van der Waals surface area contributed by atoms with E-state index in [9.17, 15) is 0 Å². The van der Waals surface area contributed by atoms with Crippen molar-refractivity contribution in [3.63, 3.8) is 0 Å². The van der Waals surface area contributed by atoms with Crippen molar-refractivity contribution in [3.8, 4) is 5.75 Å². The second-order valence-electron chi connectivity index (χ2n) is 4.95. The summed E-state index contributed by atoms with van der Waals surface area (Å²) in [5.74, 6) is 0.949. The second-order valence-corrected chi connectivity index (χ2v) is 4.95. The molecule has 0 saturated carbocycles. The molecule has 0 fully saturated rings.